The van der Waals surface area contributed by atoms with Gasteiger partial charge >= 0.3 is 0 Å². The molecule has 0 bridgehead atoms. The van der Waals surface area contributed by atoms with Gasteiger partial charge in [-0.2, -0.15) is 0 Å². The second-order valence-corrected chi connectivity index (χ2v) is 9.54. The highest BCUT2D eigenvalue weighted by Crippen LogP contribution is 2.45. The van der Waals surface area contributed by atoms with Crippen LogP contribution in [0.5, 0.6) is 5.75 Å². The van der Waals surface area contributed by atoms with Crippen molar-refractivity contribution < 1.29 is 9.53 Å². The quantitative estimate of drug-likeness (QED) is 0.638. The van der Waals surface area contributed by atoms with E-state index in [4.69, 9.17) is 4.74 Å². The summed E-state index contributed by atoms with van der Waals surface area (Å²) >= 11 is 3.98. The third-order valence-electron chi connectivity index (χ3n) is 4.59. The summed E-state index contributed by atoms with van der Waals surface area (Å²) in [6, 6.07) is 14.7. The molecule has 1 heterocycles. The highest BCUT2D eigenvalue weighted by molar-refractivity contribution is 8.19. The van der Waals surface area contributed by atoms with E-state index in [0.717, 1.165) is 18.6 Å². The minimum atomic E-state index is -0.0680. The van der Waals surface area contributed by atoms with Gasteiger partial charge in [0.2, 0.25) is 0 Å². The maximum Gasteiger partial charge on any atom is 0.257 e. The number of benzene rings is 2. The first-order valence-electron chi connectivity index (χ1n) is 9.40. The van der Waals surface area contributed by atoms with E-state index >= 15 is 0 Å². The number of ether oxygens (including phenoxy) is 1. The first-order valence-corrected chi connectivity index (χ1v) is 11.5. The Kier molecular flexibility index (Phi) is 7.53. The predicted molar refractivity (Wildman–Crippen MR) is 117 cm³/mol. The van der Waals surface area contributed by atoms with Gasteiger partial charge in [-0.1, -0.05) is 35.9 Å². The Hall–Kier alpha value is -1.59. The Morgan fingerprint density at radius 3 is 2.56 bits per heavy atom. The van der Waals surface area contributed by atoms with E-state index in [1.807, 2.05) is 35.7 Å². The molecular weight excluding hydrogens is 374 g/mol. The predicted octanol–water partition coefficient (Wildman–Crippen LogP) is 4.91. The largest absolute Gasteiger partial charge is 0.484 e. The first kappa shape index (κ1) is 20.2. The molecule has 0 spiro atoms. The van der Waals surface area contributed by atoms with E-state index in [9.17, 15) is 4.79 Å². The average molecular weight is 402 g/mol. The van der Waals surface area contributed by atoms with Crippen LogP contribution in [0.4, 0.5) is 0 Å². The zero-order valence-electron chi connectivity index (χ0n) is 16.0. The van der Waals surface area contributed by atoms with E-state index in [2.05, 4.69) is 49.5 Å². The molecule has 0 atom stereocenters. The van der Waals surface area contributed by atoms with Gasteiger partial charge in [-0.25, -0.2) is 0 Å². The summed E-state index contributed by atoms with van der Waals surface area (Å²) in [5.74, 6) is 3.12. The topological polar surface area (TPSA) is 38.3 Å². The fourth-order valence-corrected chi connectivity index (χ4v) is 5.96. The van der Waals surface area contributed by atoms with Gasteiger partial charge in [-0.3, -0.25) is 4.79 Å². The summed E-state index contributed by atoms with van der Waals surface area (Å²) in [4.78, 5) is 12.0. The summed E-state index contributed by atoms with van der Waals surface area (Å²) in [5, 5.41) is 2.94. The Morgan fingerprint density at radius 2 is 1.85 bits per heavy atom. The normalized spacial score (nSPS) is 14.3. The van der Waals surface area contributed by atoms with Crippen LogP contribution in [-0.4, -0.2) is 30.6 Å². The van der Waals surface area contributed by atoms with Crippen molar-refractivity contribution in [3.63, 3.8) is 0 Å². The van der Waals surface area contributed by atoms with E-state index in [-0.39, 0.29) is 12.5 Å². The SMILES string of the molecule is Cc1ccc(CCCNC(=O)COc2ccc(C3SCCS3)cc2)c(C)c1. The van der Waals surface area contributed by atoms with Gasteiger partial charge in [0, 0.05) is 18.1 Å². The fraction of sp³-hybridized carbons (Fsp3) is 0.409. The van der Waals surface area contributed by atoms with Crippen LogP contribution in [0.15, 0.2) is 42.5 Å². The van der Waals surface area contributed by atoms with Crippen molar-refractivity contribution in [2.24, 2.45) is 0 Å². The van der Waals surface area contributed by atoms with Crippen LogP contribution in [0.2, 0.25) is 0 Å². The van der Waals surface area contributed by atoms with Gasteiger partial charge in [0.25, 0.3) is 5.91 Å². The molecular formula is C22H27NO2S2. The van der Waals surface area contributed by atoms with Crippen LogP contribution in [-0.2, 0) is 11.2 Å². The molecule has 27 heavy (non-hydrogen) atoms. The minimum Gasteiger partial charge on any atom is -0.484 e. The van der Waals surface area contributed by atoms with Gasteiger partial charge in [0.05, 0.1) is 4.58 Å². The fourth-order valence-electron chi connectivity index (χ4n) is 3.10. The number of amides is 1. The Balaban J connectivity index is 1.34. The first-order chi connectivity index (χ1) is 13.1. The number of aryl methyl sites for hydroxylation is 3. The zero-order valence-corrected chi connectivity index (χ0v) is 17.6. The highest BCUT2D eigenvalue weighted by Gasteiger charge is 2.17. The lowest BCUT2D eigenvalue weighted by atomic mass is 10.0. The number of hydrogen-bond acceptors (Lipinski definition) is 4. The summed E-state index contributed by atoms with van der Waals surface area (Å²) in [5.41, 5.74) is 5.29. The second-order valence-electron chi connectivity index (χ2n) is 6.81. The molecule has 1 amide bonds. The lowest BCUT2D eigenvalue weighted by molar-refractivity contribution is -0.123. The van der Waals surface area contributed by atoms with Gasteiger partial charge < -0.3 is 10.1 Å². The molecule has 0 saturated carbocycles. The molecule has 5 heteroatoms. The van der Waals surface area contributed by atoms with Crippen molar-refractivity contribution >= 4 is 29.4 Å². The van der Waals surface area contributed by atoms with Crippen molar-refractivity contribution in [2.45, 2.75) is 31.3 Å². The van der Waals surface area contributed by atoms with Crippen molar-refractivity contribution in [3.05, 3.63) is 64.7 Å². The van der Waals surface area contributed by atoms with Crippen LogP contribution in [0.1, 0.15) is 33.3 Å². The number of rotatable bonds is 8. The van der Waals surface area contributed by atoms with E-state index in [0.29, 0.717) is 11.1 Å². The maximum absolute atomic E-state index is 12.0. The minimum absolute atomic E-state index is 0.0653. The lowest BCUT2D eigenvalue weighted by Gasteiger charge is -2.11. The van der Waals surface area contributed by atoms with Crippen LogP contribution in [0.25, 0.3) is 0 Å². The molecule has 1 N–H and O–H groups in total. The molecule has 1 saturated heterocycles. The van der Waals surface area contributed by atoms with E-state index in [1.54, 1.807) is 0 Å². The molecule has 1 aliphatic rings. The maximum atomic E-state index is 12.0. The van der Waals surface area contributed by atoms with Gasteiger partial charge in [0.15, 0.2) is 6.61 Å². The van der Waals surface area contributed by atoms with E-state index < -0.39 is 0 Å². The van der Waals surface area contributed by atoms with Crippen LogP contribution in [0, 0.1) is 13.8 Å². The zero-order chi connectivity index (χ0) is 19.1. The Bertz CT molecular complexity index is 755. The summed E-state index contributed by atoms with van der Waals surface area (Å²) < 4.78 is 6.15. The number of thioether (sulfide) groups is 2. The van der Waals surface area contributed by atoms with Crippen LogP contribution < -0.4 is 10.1 Å². The van der Waals surface area contributed by atoms with Gasteiger partial charge in [0.1, 0.15) is 5.75 Å². The molecule has 1 fully saturated rings. The van der Waals surface area contributed by atoms with Gasteiger partial charge in [-0.15, -0.1) is 23.5 Å². The summed E-state index contributed by atoms with van der Waals surface area (Å²) in [7, 11) is 0. The van der Waals surface area contributed by atoms with Crippen molar-refractivity contribution in [3.8, 4) is 5.75 Å². The highest BCUT2D eigenvalue weighted by atomic mass is 32.2. The molecule has 2 aromatic carbocycles. The monoisotopic (exact) mass is 401 g/mol. The van der Waals surface area contributed by atoms with Crippen LogP contribution >= 0.6 is 23.5 Å². The second kappa shape index (κ2) is 10.1. The average Bonchev–Trinajstić information content (AvgIpc) is 3.20. The number of nitrogens with one attached hydrogen (secondary N) is 1. The standard InChI is InChI=1S/C22H27NO2S2/c1-16-5-6-18(17(2)14-16)4-3-11-23-21(24)15-25-20-9-7-19(8-10-20)22-26-12-13-27-22/h5-10,14,22H,3-4,11-13,15H2,1-2H3,(H,23,24). The van der Waals surface area contributed by atoms with Gasteiger partial charge in [-0.05, 0) is 55.5 Å². The molecule has 1 aliphatic heterocycles. The molecule has 3 nitrogen and oxygen atoms in total. The van der Waals surface area contributed by atoms with E-state index in [1.165, 1.54) is 33.8 Å². The van der Waals surface area contributed by atoms with Crippen LogP contribution in [0.3, 0.4) is 0 Å². The summed E-state index contributed by atoms with van der Waals surface area (Å²) in [6.45, 7) is 4.99. The smallest absolute Gasteiger partial charge is 0.257 e. The van der Waals surface area contributed by atoms with Crippen molar-refractivity contribution in [2.75, 3.05) is 24.7 Å². The molecule has 0 radical (unpaired) electrons. The number of hydrogen-bond donors (Lipinski definition) is 1. The molecule has 3 rings (SSSR count). The molecule has 144 valence electrons. The third-order valence-corrected chi connectivity index (χ3v) is 7.69. The Morgan fingerprint density at radius 1 is 1.11 bits per heavy atom. The van der Waals surface area contributed by atoms with Crippen molar-refractivity contribution in [1.29, 1.82) is 0 Å². The number of carbonyl (C=O) groups is 1. The Labute approximate surface area is 170 Å². The van der Waals surface area contributed by atoms with Crippen molar-refractivity contribution in [1.82, 2.24) is 5.32 Å². The molecule has 0 aliphatic carbocycles. The third kappa shape index (κ3) is 6.22. The molecule has 0 unspecified atom stereocenters. The summed E-state index contributed by atoms with van der Waals surface area (Å²) in [6.07, 6.45) is 1.91. The lowest BCUT2D eigenvalue weighted by Crippen LogP contribution is -2.29. The molecule has 0 aromatic heterocycles. The molecule has 2 aromatic rings. The number of carbonyl (C=O) groups excluding carboxylic acids is 1.